The highest BCUT2D eigenvalue weighted by Gasteiger charge is 2.52. The topological polar surface area (TPSA) is 68.2 Å². The summed E-state index contributed by atoms with van der Waals surface area (Å²) in [6, 6.07) is 19.5. The highest BCUT2D eigenvalue weighted by molar-refractivity contribution is 7.41. The average Bonchev–Trinajstić information content (AvgIpc) is 3.27. The van der Waals surface area contributed by atoms with Crippen LogP contribution < -0.4 is 0 Å². The molecule has 5 nitrogen and oxygen atoms in total. The number of rotatable bonds is 9. The standard InChI is InChI=1S/C18H21O5P/c19-11-16-17(20)18(16)23-24(21-12-14-7-3-1-4-8-14)22-13-15-9-5-2-6-10-15/h1-10,16-20H,11-13H2. The minimum Gasteiger partial charge on any atom is -0.396 e. The van der Waals surface area contributed by atoms with E-state index >= 15 is 0 Å². The smallest absolute Gasteiger partial charge is 0.333 e. The maximum Gasteiger partial charge on any atom is 0.333 e. The Morgan fingerprint density at radius 3 is 1.75 bits per heavy atom. The molecule has 0 radical (unpaired) electrons. The van der Waals surface area contributed by atoms with Crippen molar-refractivity contribution in [2.45, 2.75) is 25.4 Å². The van der Waals surface area contributed by atoms with Gasteiger partial charge in [-0.25, -0.2) is 0 Å². The van der Waals surface area contributed by atoms with Crippen LogP contribution in [0, 0.1) is 5.92 Å². The molecule has 0 spiro atoms. The van der Waals surface area contributed by atoms with Crippen molar-refractivity contribution in [3.8, 4) is 0 Å². The molecule has 1 fully saturated rings. The summed E-state index contributed by atoms with van der Waals surface area (Å²) >= 11 is 0. The minimum atomic E-state index is -1.62. The van der Waals surface area contributed by atoms with E-state index in [4.69, 9.17) is 18.7 Å². The van der Waals surface area contributed by atoms with Gasteiger partial charge in [0.15, 0.2) is 0 Å². The van der Waals surface area contributed by atoms with Crippen LogP contribution in [0.4, 0.5) is 0 Å². The Balaban J connectivity index is 1.55. The summed E-state index contributed by atoms with van der Waals surface area (Å²) < 4.78 is 17.3. The van der Waals surface area contributed by atoms with Gasteiger partial charge in [0.2, 0.25) is 0 Å². The SMILES string of the molecule is OCC1C(O)C1OP(OCc1ccccc1)OCc1ccccc1. The summed E-state index contributed by atoms with van der Waals surface area (Å²) in [5, 5.41) is 18.9. The molecule has 0 amide bonds. The minimum absolute atomic E-state index is 0.105. The third kappa shape index (κ3) is 4.84. The van der Waals surface area contributed by atoms with Gasteiger partial charge in [-0.2, -0.15) is 0 Å². The molecule has 24 heavy (non-hydrogen) atoms. The number of aliphatic hydroxyl groups excluding tert-OH is 2. The van der Waals surface area contributed by atoms with Crippen molar-refractivity contribution >= 4 is 8.60 Å². The van der Waals surface area contributed by atoms with Gasteiger partial charge in [-0.05, 0) is 11.1 Å². The molecule has 3 unspecified atom stereocenters. The normalized spacial score (nSPS) is 22.7. The molecular weight excluding hydrogens is 327 g/mol. The first-order chi connectivity index (χ1) is 11.8. The van der Waals surface area contributed by atoms with Gasteiger partial charge in [0.25, 0.3) is 0 Å². The predicted octanol–water partition coefficient (Wildman–Crippen LogP) is 3.02. The second kappa shape index (κ2) is 8.67. The zero-order chi connectivity index (χ0) is 16.8. The van der Waals surface area contributed by atoms with Crippen LogP contribution in [0.2, 0.25) is 0 Å². The Bertz CT molecular complexity index is 566. The van der Waals surface area contributed by atoms with Crippen LogP contribution in [-0.4, -0.2) is 29.0 Å². The predicted molar refractivity (Wildman–Crippen MR) is 90.8 cm³/mol. The first kappa shape index (κ1) is 17.5. The lowest BCUT2D eigenvalue weighted by atomic mass is 10.2. The van der Waals surface area contributed by atoms with Gasteiger partial charge in [0.05, 0.1) is 25.9 Å². The number of benzene rings is 2. The van der Waals surface area contributed by atoms with E-state index in [-0.39, 0.29) is 12.5 Å². The summed E-state index contributed by atoms with van der Waals surface area (Å²) in [7, 11) is -1.62. The average molecular weight is 348 g/mol. The van der Waals surface area contributed by atoms with E-state index in [0.29, 0.717) is 13.2 Å². The Hall–Kier alpha value is -1.33. The molecule has 0 aromatic heterocycles. The molecule has 0 heterocycles. The van der Waals surface area contributed by atoms with Crippen LogP contribution in [0.1, 0.15) is 11.1 Å². The van der Waals surface area contributed by atoms with E-state index in [1.165, 1.54) is 0 Å². The van der Waals surface area contributed by atoms with Crippen LogP contribution in [0.25, 0.3) is 0 Å². The fraction of sp³-hybridized carbons (Fsp3) is 0.333. The van der Waals surface area contributed by atoms with Gasteiger partial charge < -0.3 is 23.8 Å². The second-order valence-electron chi connectivity index (χ2n) is 5.65. The molecule has 2 N–H and O–H groups in total. The van der Waals surface area contributed by atoms with Crippen molar-refractivity contribution in [3.05, 3.63) is 71.8 Å². The Morgan fingerprint density at radius 1 is 0.833 bits per heavy atom. The van der Waals surface area contributed by atoms with Crippen LogP contribution in [0.3, 0.4) is 0 Å². The molecule has 0 bridgehead atoms. The number of hydrogen-bond acceptors (Lipinski definition) is 5. The van der Waals surface area contributed by atoms with Gasteiger partial charge in [0, 0.05) is 5.92 Å². The lowest BCUT2D eigenvalue weighted by molar-refractivity contribution is 0.120. The number of aliphatic hydroxyl groups is 2. The van der Waals surface area contributed by atoms with E-state index < -0.39 is 20.8 Å². The monoisotopic (exact) mass is 348 g/mol. The Morgan fingerprint density at radius 2 is 1.33 bits per heavy atom. The van der Waals surface area contributed by atoms with E-state index in [1.807, 2.05) is 60.7 Å². The molecule has 128 valence electrons. The number of hydrogen-bond donors (Lipinski definition) is 2. The highest BCUT2D eigenvalue weighted by atomic mass is 31.2. The van der Waals surface area contributed by atoms with Gasteiger partial charge in [-0.15, -0.1) is 0 Å². The molecule has 2 aromatic carbocycles. The Labute approximate surface area is 142 Å². The van der Waals surface area contributed by atoms with E-state index in [1.54, 1.807) is 0 Å². The van der Waals surface area contributed by atoms with Crippen molar-refractivity contribution in [3.63, 3.8) is 0 Å². The lowest BCUT2D eigenvalue weighted by Gasteiger charge is -2.17. The maximum atomic E-state index is 9.72. The zero-order valence-corrected chi connectivity index (χ0v) is 14.1. The van der Waals surface area contributed by atoms with E-state index in [9.17, 15) is 5.11 Å². The largest absolute Gasteiger partial charge is 0.396 e. The first-order valence-electron chi connectivity index (χ1n) is 7.87. The summed E-state index contributed by atoms with van der Waals surface area (Å²) in [6.45, 7) is 0.633. The van der Waals surface area contributed by atoms with Gasteiger partial charge in [0.1, 0.15) is 6.10 Å². The fourth-order valence-corrected chi connectivity index (χ4v) is 3.46. The lowest BCUT2D eigenvalue weighted by Crippen LogP contribution is -2.02. The molecule has 0 aliphatic heterocycles. The third-order valence-electron chi connectivity index (χ3n) is 3.83. The fourth-order valence-electron chi connectivity index (χ4n) is 2.28. The van der Waals surface area contributed by atoms with Gasteiger partial charge >= 0.3 is 8.60 Å². The molecule has 3 rings (SSSR count). The van der Waals surface area contributed by atoms with Crippen molar-refractivity contribution in [2.24, 2.45) is 5.92 Å². The van der Waals surface area contributed by atoms with E-state index in [0.717, 1.165) is 11.1 Å². The first-order valence-corrected chi connectivity index (χ1v) is 8.97. The molecule has 2 aromatic rings. The molecule has 3 atom stereocenters. The van der Waals surface area contributed by atoms with Crippen molar-refractivity contribution in [1.82, 2.24) is 0 Å². The highest BCUT2D eigenvalue weighted by Crippen LogP contribution is 2.49. The molecule has 6 heteroatoms. The Kier molecular flexibility index (Phi) is 6.32. The zero-order valence-electron chi connectivity index (χ0n) is 13.2. The van der Waals surface area contributed by atoms with Crippen molar-refractivity contribution < 1.29 is 23.8 Å². The van der Waals surface area contributed by atoms with Crippen molar-refractivity contribution in [1.29, 1.82) is 0 Å². The second-order valence-corrected chi connectivity index (χ2v) is 6.82. The van der Waals surface area contributed by atoms with E-state index in [2.05, 4.69) is 0 Å². The third-order valence-corrected chi connectivity index (χ3v) is 4.93. The van der Waals surface area contributed by atoms with Crippen LogP contribution in [-0.2, 0) is 26.8 Å². The van der Waals surface area contributed by atoms with Gasteiger partial charge in [-0.3, -0.25) is 0 Å². The summed E-state index contributed by atoms with van der Waals surface area (Å²) in [4.78, 5) is 0. The van der Waals surface area contributed by atoms with Crippen LogP contribution >= 0.6 is 8.60 Å². The summed E-state index contributed by atoms with van der Waals surface area (Å²) in [6.07, 6.45) is -1.08. The maximum absolute atomic E-state index is 9.72. The van der Waals surface area contributed by atoms with Crippen LogP contribution in [0.5, 0.6) is 0 Å². The molecule has 1 aliphatic carbocycles. The quantitative estimate of drug-likeness (QED) is 0.682. The molecule has 0 saturated heterocycles. The van der Waals surface area contributed by atoms with Crippen molar-refractivity contribution in [2.75, 3.05) is 6.61 Å². The summed E-state index contributed by atoms with van der Waals surface area (Å²) in [5.74, 6) is -0.254. The molecular formula is C18H21O5P. The van der Waals surface area contributed by atoms with Crippen LogP contribution in [0.15, 0.2) is 60.7 Å². The molecule has 1 saturated carbocycles. The van der Waals surface area contributed by atoms with Gasteiger partial charge in [-0.1, -0.05) is 60.7 Å². The molecule has 1 aliphatic rings. The summed E-state index contributed by atoms with van der Waals surface area (Å²) in [5.41, 5.74) is 2.04.